The molecule has 0 aliphatic rings. The van der Waals surface area contributed by atoms with Gasteiger partial charge < -0.3 is 5.73 Å². The second kappa shape index (κ2) is 3.94. The Kier molecular flexibility index (Phi) is 2.64. The summed E-state index contributed by atoms with van der Waals surface area (Å²) in [5, 5.41) is 8.92. The summed E-state index contributed by atoms with van der Waals surface area (Å²) in [6, 6.07) is 1.77. The molecule has 0 atom stereocenters. The molecule has 15 heavy (non-hydrogen) atoms. The van der Waals surface area contributed by atoms with Gasteiger partial charge in [-0.1, -0.05) is 11.6 Å². The van der Waals surface area contributed by atoms with Crippen LogP contribution in [0.4, 0.5) is 5.82 Å². The van der Waals surface area contributed by atoms with Gasteiger partial charge >= 0.3 is 0 Å². The minimum Gasteiger partial charge on any atom is -0.382 e. The van der Waals surface area contributed by atoms with Crippen molar-refractivity contribution in [1.82, 2.24) is 19.6 Å². The van der Waals surface area contributed by atoms with E-state index < -0.39 is 0 Å². The van der Waals surface area contributed by atoms with E-state index in [9.17, 15) is 0 Å². The first-order valence-corrected chi connectivity index (χ1v) is 5.01. The summed E-state index contributed by atoms with van der Waals surface area (Å²) in [5.74, 6) is 0.533. The lowest BCUT2D eigenvalue weighted by atomic mass is 10.5. The van der Waals surface area contributed by atoms with E-state index in [-0.39, 0.29) is 0 Å². The molecule has 5 nitrogen and oxygen atoms in total. The van der Waals surface area contributed by atoms with E-state index in [2.05, 4.69) is 10.2 Å². The highest BCUT2D eigenvalue weighted by molar-refractivity contribution is 6.31. The summed E-state index contributed by atoms with van der Waals surface area (Å²) >= 11 is 5.89. The van der Waals surface area contributed by atoms with Crippen molar-refractivity contribution in [3.8, 4) is 0 Å². The normalized spacial score (nSPS) is 10.8. The number of rotatable bonds is 3. The van der Waals surface area contributed by atoms with Crippen LogP contribution in [0.1, 0.15) is 5.69 Å². The monoisotopic (exact) mass is 225 g/mol. The van der Waals surface area contributed by atoms with Crippen molar-refractivity contribution >= 4 is 17.4 Å². The molecule has 2 rings (SSSR count). The van der Waals surface area contributed by atoms with Crippen LogP contribution in [-0.2, 0) is 13.1 Å². The number of nitrogens with two attached hydrogens (primary N) is 1. The van der Waals surface area contributed by atoms with E-state index >= 15 is 0 Å². The molecule has 0 unspecified atom stereocenters. The molecule has 6 heteroatoms. The maximum atomic E-state index is 5.89. The summed E-state index contributed by atoms with van der Waals surface area (Å²) < 4.78 is 3.63. The van der Waals surface area contributed by atoms with Gasteiger partial charge in [0.05, 0.1) is 30.0 Å². The van der Waals surface area contributed by atoms with E-state index in [0.29, 0.717) is 10.8 Å². The van der Waals surface area contributed by atoms with Crippen molar-refractivity contribution in [3.05, 3.63) is 29.2 Å². The fourth-order valence-corrected chi connectivity index (χ4v) is 1.49. The predicted molar refractivity (Wildman–Crippen MR) is 58.6 cm³/mol. The third-order valence-corrected chi connectivity index (χ3v) is 2.62. The zero-order valence-corrected chi connectivity index (χ0v) is 9.15. The maximum absolute atomic E-state index is 5.89. The van der Waals surface area contributed by atoms with E-state index in [1.54, 1.807) is 16.9 Å². The van der Waals surface area contributed by atoms with Gasteiger partial charge in [0.1, 0.15) is 5.82 Å². The molecule has 0 fully saturated rings. The van der Waals surface area contributed by atoms with E-state index in [1.165, 1.54) is 0 Å². The summed E-state index contributed by atoms with van der Waals surface area (Å²) in [6.45, 7) is 3.41. The van der Waals surface area contributed by atoms with Crippen LogP contribution in [0.5, 0.6) is 0 Å². The Labute approximate surface area is 92.4 Å². The number of halogens is 1. The molecule has 80 valence electrons. The SMILES string of the molecule is Cc1c(Cl)cnn1CCn1ccc(N)n1. The molecule has 0 aliphatic heterocycles. The Hall–Kier alpha value is -1.49. The van der Waals surface area contributed by atoms with Gasteiger partial charge in [-0.15, -0.1) is 0 Å². The topological polar surface area (TPSA) is 61.7 Å². The van der Waals surface area contributed by atoms with Crippen LogP contribution in [0.25, 0.3) is 0 Å². The van der Waals surface area contributed by atoms with Gasteiger partial charge in [0.15, 0.2) is 0 Å². The Morgan fingerprint density at radius 2 is 2.27 bits per heavy atom. The van der Waals surface area contributed by atoms with Gasteiger partial charge in [0.2, 0.25) is 0 Å². The average Bonchev–Trinajstić information content (AvgIpc) is 2.74. The minimum atomic E-state index is 0.533. The van der Waals surface area contributed by atoms with Crippen molar-refractivity contribution in [1.29, 1.82) is 0 Å². The number of nitrogens with zero attached hydrogens (tertiary/aromatic N) is 4. The van der Waals surface area contributed by atoms with Crippen molar-refractivity contribution in [3.63, 3.8) is 0 Å². The van der Waals surface area contributed by atoms with Crippen LogP contribution in [0.15, 0.2) is 18.5 Å². The summed E-state index contributed by atoms with van der Waals surface area (Å²) in [6.07, 6.45) is 3.49. The molecule has 0 amide bonds. The van der Waals surface area contributed by atoms with E-state index in [0.717, 1.165) is 18.8 Å². The minimum absolute atomic E-state index is 0.533. The van der Waals surface area contributed by atoms with Gasteiger partial charge in [0, 0.05) is 6.20 Å². The van der Waals surface area contributed by atoms with Crippen molar-refractivity contribution in [2.45, 2.75) is 20.0 Å². The second-order valence-electron chi connectivity index (χ2n) is 3.30. The molecular formula is C9H12ClN5. The van der Waals surface area contributed by atoms with Crippen LogP contribution < -0.4 is 5.73 Å². The first-order valence-electron chi connectivity index (χ1n) is 4.63. The highest BCUT2D eigenvalue weighted by atomic mass is 35.5. The number of nitrogen functional groups attached to an aromatic ring is 1. The van der Waals surface area contributed by atoms with Crippen LogP contribution in [0.2, 0.25) is 5.02 Å². The molecule has 0 aliphatic carbocycles. The predicted octanol–water partition coefficient (Wildman–Crippen LogP) is 1.32. The van der Waals surface area contributed by atoms with Crippen molar-refractivity contribution in [2.75, 3.05) is 5.73 Å². The largest absolute Gasteiger partial charge is 0.382 e. The highest BCUT2D eigenvalue weighted by Crippen LogP contribution is 2.13. The zero-order valence-electron chi connectivity index (χ0n) is 8.39. The van der Waals surface area contributed by atoms with E-state index in [4.69, 9.17) is 17.3 Å². The lowest BCUT2D eigenvalue weighted by Crippen LogP contribution is -2.10. The van der Waals surface area contributed by atoms with Crippen molar-refractivity contribution < 1.29 is 0 Å². The maximum Gasteiger partial charge on any atom is 0.145 e. The summed E-state index contributed by atoms with van der Waals surface area (Å²) in [5.41, 5.74) is 6.48. The summed E-state index contributed by atoms with van der Waals surface area (Å²) in [7, 11) is 0. The Bertz CT molecular complexity index is 459. The second-order valence-corrected chi connectivity index (χ2v) is 3.71. The zero-order chi connectivity index (χ0) is 10.8. The van der Waals surface area contributed by atoms with Gasteiger partial charge in [-0.3, -0.25) is 9.36 Å². The first-order chi connectivity index (χ1) is 7.16. The number of aromatic nitrogens is 4. The number of aryl methyl sites for hydroxylation is 2. The van der Waals surface area contributed by atoms with Crippen LogP contribution in [-0.4, -0.2) is 19.6 Å². The third kappa shape index (κ3) is 2.12. The Morgan fingerprint density at radius 1 is 1.47 bits per heavy atom. The quantitative estimate of drug-likeness (QED) is 0.857. The average molecular weight is 226 g/mol. The lowest BCUT2D eigenvalue weighted by Gasteiger charge is -2.04. The number of anilines is 1. The third-order valence-electron chi connectivity index (χ3n) is 2.25. The molecule has 0 spiro atoms. The lowest BCUT2D eigenvalue weighted by molar-refractivity contribution is 0.493. The molecule has 0 aromatic carbocycles. The fourth-order valence-electron chi connectivity index (χ4n) is 1.35. The van der Waals surface area contributed by atoms with Gasteiger partial charge in [0.25, 0.3) is 0 Å². The smallest absolute Gasteiger partial charge is 0.145 e. The molecule has 0 radical (unpaired) electrons. The molecular weight excluding hydrogens is 214 g/mol. The standard InChI is InChI=1S/C9H12ClN5/c1-7-8(10)6-12-15(7)5-4-14-3-2-9(11)13-14/h2-3,6H,4-5H2,1H3,(H2,11,13). The highest BCUT2D eigenvalue weighted by Gasteiger charge is 2.03. The van der Waals surface area contributed by atoms with Crippen LogP contribution in [0.3, 0.4) is 0 Å². The number of hydrogen-bond donors (Lipinski definition) is 1. The van der Waals surface area contributed by atoms with Gasteiger partial charge in [-0.25, -0.2) is 0 Å². The van der Waals surface area contributed by atoms with Crippen LogP contribution in [0, 0.1) is 6.92 Å². The fraction of sp³-hybridized carbons (Fsp3) is 0.333. The molecule has 2 aromatic heterocycles. The molecule has 0 bridgehead atoms. The Morgan fingerprint density at radius 3 is 2.80 bits per heavy atom. The Balaban J connectivity index is 2.02. The van der Waals surface area contributed by atoms with Crippen LogP contribution >= 0.6 is 11.6 Å². The molecule has 0 saturated carbocycles. The molecule has 2 heterocycles. The van der Waals surface area contributed by atoms with Gasteiger partial charge in [-0.2, -0.15) is 10.2 Å². The van der Waals surface area contributed by atoms with Gasteiger partial charge in [-0.05, 0) is 13.0 Å². The first kappa shape index (κ1) is 10.0. The number of hydrogen-bond acceptors (Lipinski definition) is 3. The van der Waals surface area contributed by atoms with E-state index in [1.807, 2.05) is 17.8 Å². The summed E-state index contributed by atoms with van der Waals surface area (Å²) in [4.78, 5) is 0. The van der Waals surface area contributed by atoms with Crippen molar-refractivity contribution in [2.24, 2.45) is 0 Å². The molecule has 2 aromatic rings. The molecule has 0 saturated heterocycles. The molecule has 2 N–H and O–H groups in total.